The van der Waals surface area contributed by atoms with Crippen LogP contribution in [0.15, 0.2) is 28.7 Å². The molecule has 0 unspecified atom stereocenters. The van der Waals surface area contributed by atoms with E-state index in [0.717, 1.165) is 25.1 Å². The first kappa shape index (κ1) is 18.2. The molecule has 2 fully saturated rings. The van der Waals surface area contributed by atoms with Gasteiger partial charge in [-0.05, 0) is 43.7 Å². The van der Waals surface area contributed by atoms with E-state index in [0.29, 0.717) is 30.3 Å². The van der Waals surface area contributed by atoms with Crippen molar-refractivity contribution in [3.8, 4) is 0 Å². The molecule has 7 nitrogen and oxygen atoms in total. The molecular weight excluding hydrogens is 366 g/mol. The molecule has 0 saturated carbocycles. The zero-order valence-corrected chi connectivity index (χ0v) is 15.8. The van der Waals surface area contributed by atoms with Gasteiger partial charge in [0.05, 0.1) is 18.0 Å². The number of carbonyl (C=O) groups excluding carboxylic acids is 2. The topological polar surface area (TPSA) is 86.0 Å². The first-order valence-corrected chi connectivity index (χ1v) is 10.0. The predicted octanol–water partition coefficient (Wildman–Crippen LogP) is 1.74. The van der Waals surface area contributed by atoms with Crippen LogP contribution in [0.5, 0.6) is 0 Å². The van der Waals surface area contributed by atoms with Crippen LogP contribution in [0.25, 0.3) is 0 Å². The Morgan fingerprint density at radius 1 is 1.26 bits per heavy atom. The highest BCUT2D eigenvalue weighted by molar-refractivity contribution is 7.14. The summed E-state index contributed by atoms with van der Waals surface area (Å²) >= 11 is 1.52. The Bertz CT molecular complexity index is 831. The van der Waals surface area contributed by atoms with Crippen LogP contribution in [0.2, 0.25) is 0 Å². The van der Waals surface area contributed by atoms with Crippen molar-refractivity contribution in [1.82, 2.24) is 15.1 Å². The number of rotatable bonds is 5. The maximum Gasteiger partial charge on any atom is 0.264 e. The van der Waals surface area contributed by atoms with Crippen LogP contribution in [-0.4, -0.2) is 52.9 Å². The Balaban J connectivity index is 1.45. The molecule has 144 valence electrons. The Morgan fingerprint density at radius 2 is 2.11 bits per heavy atom. The Morgan fingerprint density at radius 3 is 2.89 bits per heavy atom. The molecule has 2 aromatic heterocycles. The highest BCUT2D eigenvalue weighted by atomic mass is 32.1. The van der Waals surface area contributed by atoms with Crippen LogP contribution < -0.4 is 5.32 Å². The van der Waals surface area contributed by atoms with Crippen molar-refractivity contribution >= 4 is 23.2 Å². The summed E-state index contributed by atoms with van der Waals surface area (Å²) in [7, 11) is 0. The van der Waals surface area contributed by atoms with Crippen LogP contribution in [0.1, 0.15) is 45.0 Å². The van der Waals surface area contributed by atoms with Crippen LogP contribution in [0.4, 0.5) is 0 Å². The van der Waals surface area contributed by atoms with Gasteiger partial charge in [-0.2, -0.15) is 0 Å². The van der Waals surface area contributed by atoms with Crippen LogP contribution in [0.3, 0.4) is 0 Å². The van der Waals surface area contributed by atoms with Gasteiger partial charge in [0.25, 0.3) is 5.91 Å². The Kier molecular flexibility index (Phi) is 5.29. The molecule has 2 aliphatic heterocycles. The molecule has 27 heavy (non-hydrogen) atoms. The molecule has 0 bridgehead atoms. The minimum absolute atomic E-state index is 0.0655. The van der Waals surface area contributed by atoms with Gasteiger partial charge in [0, 0.05) is 24.0 Å². The number of nitrogens with one attached hydrogen (secondary N) is 1. The van der Waals surface area contributed by atoms with E-state index in [2.05, 4.69) is 10.2 Å². The van der Waals surface area contributed by atoms with Crippen LogP contribution >= 0.6 is 11.3 Å². The largest absolute Gasteiger partial charge is 0.462 e. The number of amides is 2. The summed E-state index contributed by atoms with van der Waals surface area (Å²) in [5.74, 6) is 1.26. The van der Waals surface area contributed by atoms with Crippen molar-refractivity contribution in [2.45, 2.75) is 32.0 Å². The normalized spacial score (nSPS) is 20.9. The van der Waals surface area contributed by atoms with Crippen molar-refractivity contribution < 1.29 is 19.1 Å². The molecule has 2 N–H and O–H groups in total. The quantitative estimate of drug-likeness (QED) is 0.814. The molecule has 2 aliphatic rings. The highest BCUT2D eigenvalue weighted by Gasteiger charge is 2.30. The fraction of sp³-hybridized carbons (Fsp3) is 0.474. The molecule has 0 aliphatic carbocycles. The van der Waals surface area contributed by atoms with Crippen molar-refractivity contribution in [3.63, 3.8) is 0 Å². The van der Waals surface area contributed by atoms with Crippen molar-refractivity contribution in [2.24, 2.45) is 0 Å². The fourth-order valence-corrected chi connectivity index (χ4v) is 4.89. The van der Waals surface area contributed by atoms with Gasteiger partial charge in [-0.3, -0.25) is 14.5 Å². The van der Waals surface area contributed by atoms with E-state index in [4.69, 9.17) is 9.52 Å². The van der Waals surface area contributed by atoms with Crippen molar-refractivity contribution in [3.05, 3.63) is 45.5 Å². The average molecular weight is 389 g/mol. The van der Waals surface area contributed by atoms with Gasteiger partial charge in [-0.1, -0.05) is 0 Å². The lowest BCUT2D eigenvalue weighted by atomic mass is 10.2. The molecule has 2 aromatic rings. The summed E-state index contributed by atoms with van der Waals surface area (Å²) in [6, 6.07) is 7.89. The molecule has 4 rings (SSSR count). The van der Waals surface area contributed by atoms with Gasteiger partial charge in [-0.25, -0.2) is 0 Å². The summed E-state index contributed by atoms with van der Waals surface area (Å²) in [6.45, 7) is 2.78. The number of nitrogens with zero attached hydrogens (tertiary/aromatic N) is 2. The van der Waals surface area contributed by atoms with Gasteiger partial charge >= 0.3 is 0 Å². The van der Waals surface area contributed by atoms with E-state index in [1.807, 2.05) is 18.2 Å². The molecular formula is C19H23N3O4S. The standard InChI is InChI=1S/C19H23N3O4S/c23-12-14-4-3-13(26-14)10-21-8-1-2-15(21)16-5-6-17(27-16)19(25)22-9-7-20-18(24)11-22/h3-6,15,23H,1-2,7-12H2,(H,20,24)/t15-/m0/s1. The summed E-state index contributed by atoms with van der Waals surface area (Å²) in [4.78, 5) is 30.0. The summed E-state index contributed by atoms with van der Waals surface area (Å²) in [6.07, 6.45) is 2.15. The lowest BCUT2D eigenvalue weighted by Crippen LogP contribution is -2.49. The van der Waals surface area contributed by atoms with E-state index in [1.54, 1.807) is 11.0 Å². The third kappa shape index (κ3) is 3.92. The number of thiophene rings is 1. The number of hydrogen-bond acceptors (Lipinski definition) is 6. The number of aliphatic hydroxyl groups is 1. The second kappa shape index (κ2) is 7.84. The number of piperazine rings is 1. The second-order valence-corrected chi connectivity index (χ2v) is 8.05. The zero-order valence-electron chi connectivity index (χ0n) is 15.0. The van der Waals surface area contributed by atoms with Gasteiger partial charge in [-0.15, -0.1) is 11.3 Å². The van der Waals surface area contributed by atoms with Crippen molar-refractivity contribution in [2.75, 3.05) is 26.2 Å². The number of furan rings is 1. The SMILES string of the molecule is O=C1CN(C(=O)c2ccc([C@@H]3CCCN3Cc3ccc(CO)o3)s2)CCN1. The van der Waals surface area contributed by atoms with Gasteiger partial charge in [0.15, 0.2) is 0 Å². The van der Waals surface area contributed by atoms with E-state index in [1.165, 1.54) is 16.2 Å². The van der Waals surface area contributed by atoms with E-state index in [9.17, 15) is 9.59 Å². The predicted molar refractivity (Wildman–Crippen MR) is 100 cm³/mol. The van der Waals surface area contributed by atoms with Crippen LogP contribution in [-0.2, 0) is 17.9 Å². The molecule has 1 atom stereocenters. The maximum atomic E-state index is 12.7. The average Bonchev–Trinajstić information content (AvgIpc) is 3.42. The van der Waals surface area contributed by atoms with Gasteiger partial charge in [0.1, 0.15) is 18.1 Å². The smallest absolute Gasteiger partial charge is 0.264 e. The minimum atomic E-state index is -0.103. The first-order valence-electron chi connectivity index (χ1n) is 9.22. The molecule has 8 heteroatoms. The Labute approximate surface area is 161 Å². The van der Waals surface area contributed by atoms with Crippen molar-refractivity contribution in [1.29, 1.82) is 0 Å². The number of carbonyl (C=O) groups is 2. The second-order valence-electron chi connectivity index (χ2n) is 6.93. The maximum absolute atomic E-state index is 12.7. The molecule has 2 amide bonds. The first-order chi connectivity index (χ1) is 13.1. The zero-order chi connectivity index (χ0) is 18.8. The molecule has 0 aromatic carbocycles. The van der Waals surface area contributed by atoms with Crippen LogP contribution in [0, 0.1) is 0 Å². The number of hydrogen-bond donors (Lipinski definition) is 2. The summed E-state index contributed by atoms with van der Waals surface area (Å²) in [5.41, 5.74) is 0. The monoisotopic (exact) mass is 389 g/mol. The third-order valence-electron chi connectivity index (χ3n) is 5.09. The summed E-state index contributed by atoms with van der Waals surface area (Å²) in [5, 5.41) is 11.9. The van der Waals surface area contributed by atoms with Gasteiger partial charge in [0.2, 0.25) is 5.91 Å². The fourth-order valence-electron chi connectivity index (χ4n) is 3.74. The molecule has 4 heterocycles. The van der Waals surface area contributed by atoms with E-state index >= 15 is 0 Å². The third-order valence-corrected chi connectivity index (χ3v) is 6.26. The lowest BCUT2D eigenvalue weighted by Gasteiger charge is -2.26. The Hall–Kier alpha value is -2.16. The summed E-state index contributed by atoms with van der Waals surface area (Å²) < 4.78 is 5.62. The van der Waals surface area contributed by atoms with Gasteiger partial charge < -0.3 is 19.7 Å². The lowest BCUT2D eigenvalue weighted by molar-refractivity contribution is -0.123. The highest BCUT2D eigenvalue weighted by Crippen LogP contribution is 2.37. The minimum Gasteiger partial charge on any atom is -0.462 e. The van der Waals surface area contributed by atoms with E-state index in [-0.39, 0.29) is 31.0 Å². The van der Waals surface area contributed by atoms with E-state index < -0.39 is 0 Å². The number of likely N-dealkylation sites (tertiary alicyclic amines) is 1. The molecule has 2 saturated heterocycles. The molecule has 0 spiro atoms. The molecule has 0 radical (unpaired) electrons. The number of aliphatic hydroxyl groups excluding tert-OH is 1.